The van der Waals surface area contributed by atoms with Gasteiger partial charge in [-0.05, 0) is 18.4 Å². The molecule has 1 aliphatic rings. The van der Waals surface area contributed by atoms with Crippen molar-refractivity contribution < 1.29 is 13.3 Å². The zero-order chi connectivity index (χ0) is 12.7. The number of nitrogens with zero attached hydrogens (tertiary/aromatic N) is 2. The van der Waals surface area contributed by atoms with Crippen LogP contribution in [0.15, 0.2) is 12.4 Å². The largest absolute Gasteiger partial charge is 0.500 e. The first-order chi connectivity index (χ1) is 8.15. The predicted octanol–water partition coefficient (Wildman–Crippen LogP) is 1.58. The standard InChI is InChI=1S/C10H22N2O3SSi/c1-11-6-7-12(10-11)16-8-5-9-17(13-2,14-3)15-4/h6-7H,5,8-10H2,1-4H3. The Morgan fingerprint density at radius 1 is 1.18 bits per heavy atom. The third kappa shape index (κ3) is 4.51. The molecule has 0 saturated heterocycles. The van der Waals surface area contributed by atoms with E-state index in [1.165, 1.54) is 0 Å². The van der Waals surface area contributed by atoms with E-state index in [-0.39, 0.29) is 0 Å². The van der Waals surface area contributed by atoms with Gasteiger partial charge in [0.05, 0.1) is 6.67 Å². The summed E-state index contributed by atoms with van der Waals surface area (Å²) in [6, 6.07) is 0.858. The number of hydrogen-bond donors (Lipinski definition) is 0. The SMILES string of the molecule is CO[Si](CCCSN1C=CN(C)C1)(OC)OC. The zero-order valence-electron chi connectivity index (χ0n) is 11.0. The molecule has 5 nitrogen and oxygen atoms in total. The molecule has 0 saturated carbocycles. The second-order valence-corrected chi connectivity index (χ2v) is 8.07. The van der Waals surface area contributed by atoms with Crippen molar-refractivity contribution in [1.82, 2.24) is 9.21 Å². The summed E-state index contributed by atoms with van der Waals surface area (Å²) < 4.78 is 18.3. The summed E-state index contributed by atoms with van der Waals surface area (Å²) in [6.45, 7) is 0.950. The molecule has 1 rings (SSSR count). The normalized spacial score (nSPS) is 16.0. The smallest absolute Gasteiger partial charge is 0.377 e. The van der Waals surface area contributed by atoms with Crippen molar-refractivity contribution in [3.8, 4) is 0 Å². The molecule has 100 valence electrons. The van der Waals surface area contributed by atoms with Gasteiger partial charge in [-0.2, -0.15) is 0 Å². The fourth-order valence-corrected chi connectivity index (χ4v) is 4.50. The first-order valence-electron chi connectivity index (χ1n) is 5.59. The molecular weight excluding hydrogens is 256 g/mol. The van der Waals surface area contributed by atoms with Crippen LogP contribution < -0.4 is 0 Å². The van der Waals surface area contributed by atoms with Crippen molar-refractivity contribution in [3.05, 3.63) is 12.4 Å². The van der Waals surface area contributed by atoms with Crippen LogP contribution in [0.4, 0.5) is 0 Å². The first-order valence-corrected chi connectivity index (χ1v) is 8.47. The maximum atomic E-state index is 5.37. The van der Waals surface area contributed by atoms with Gasteiger partial charge in [0.2, 0.25) is 0 Å². The van der Waals surface area contributed by atoms with Crippen molar-refractivity contribution in [3.63, 3.8) is 0 Å². The van der Waals surface area contributed by atoms with Crippen molar-refractivity contribution >= 4 is 20.8 Å². The lowest BCUT2D eigenvalue weighted by Crippen LogP contribution is -2.42. The van der Waals surface area contributed by atoms with Crippen LogP contribution in [0.3, 0.4) is 0 Å². The second kappa shape index (κ2) is 7.27. The molecule has 0 aromatic heterocycles. The molecule has 0 aromatic carbocycles. The van der Waals surface area contributed by atoms with Crippen molar-refractivity contribution in [2.24, 2.45) is 0 Å². The Morgan fingerprint density at radius 2 is 1.82 bits per heavy atom. The Balaban J connectivity index is 2.17. The fraction of sp³-hybridized carbons (Fsp3) is 0.800. The van der Waals surface area contributed by atoms with Crippen LogP contribution in [0.2, 0.25) is 6.04 Å². The molecule has 0 amide bonds. The molecule has 0 radical (unpaired) electrons. The molecule has 0 atom stereocenters. The van der Waals surface area contributed by atoms with Gasteiger partial charge < -0.3 is 22.5 Å². The van der Waals surface area contributed by atoms with Crippen molar-refractivity contribution in [2.75, 3.05) is 40.8 Å². The van der Waals surface area contributed by atoms with Crippen molar-refractivity contribution in [2.45, 2.75) is 12.5 Å². The fourth-order valence-electron chi connectivity index (χ4n) is 1.61. The van der Waals surface area contributed by atoms with E-state index >= 15 is 0 Å². The van der Waals surface area contributed by atoms with Crippen LogP contribution in [-0.2, 0) is 13.3 Å². The van der Waals surface area contributed by atoms with E-state index < -0.39 is 8.80 Å². The average molecular weight is 278 g/mol. The van der Waals surface area contributed by atoms with E-state index in [9.17, 15) is 0 Å². The van der Waals surface area contributed by atoms with Gasteiger partial charge in [-0.1, -0.05) is 0 Å². The van der Waals surface area contributed by atoms with Crippen molar-refractivity contribution in [1.29, 1.82) is 0 Å². The van der Waals surface area contributed by atoms with Crippen LogP contribution in [0.25, 0.3) is 0 Å². The second-order valence-electron chi connectivity index (χ2n) is 3.85. The Kier molecular flexibility index (Phi) is 6.35. The summed E-state index contributed by atoms with van der Waals surface area (Å²) in [5.41, 5.74) is 0. The van der Waals surface area contributed by atoms with Gasteiger partial charge in [0, 0.05) is 52.6 Å². The van der Waals surface area contributed by atoms with E-state index in [1.54, 1.807) is 21.3 Å². The lowest BCUT2D eigenvalue weighted by Gasteiger charge is -2.24. The highest BCUT2D eigenvalue weighted by molar-refractivity contribution is 7.97. The lowest BCUT2D eigenvalue weighted by atomic mass is 10.6. The summed E-state index contributed by atoms with van der Waals surface area (Å²) in [5, 5.41) is 0. The Morgan fingerprint density at radius 3 is 2.29 bits per heavy atom. The average Bonchev–Trinajstić information content (AvgIpc) is 2.76. The molecule has 0 aliphatic carbocycles. The monoisotopic (exact) mass is 278 g/mol. The third-order valence-corrected chi connectivity index (χ3v) is 6.54. The van der Waals surface area contributed by atoms with E-state index in [1.807, 2.05) is 11.9 Å². The maximum absolute atomic E-state index is 5.37. The highest BCUT2D eigenvalue weighted by Crippen LogP contribution is 2.21. The Labute approximate surface area is 109 Å². The van der Waals surface area contributed by atoms with Crippen LogP contribution >= 0.6 is 11.9 Å². The highest BCUT2D eigenvalue weighted by atomic mass is 32.2. The van der Waals surface area contributed by atoms with Gasteiger partial charge in [0.1, 0.15) is 0 Å². The minimum atomic E-state index is -2.37. The van der Waals surface area contributed by atoms with E-state index in [2.05, 4.69) is 28.7 Å². The summed E-state index contributed by atoms with van der Waals surface area (Å²) >= 11 is 1.82. The van der Waals surface area contributed by atoms with Gasteiger partial charge in [-0.3, -0.25) is 0 Å². The van der Waals surface area contributed by atoms with E-state index in [0.29, 0.717) is 0 Å². The number of rotatable bonds is 8. The van der Waals surface area contributed by atoms with Gasteiger partial charge in [-0.15, -0.1) is 0 Å². The molecule has 0 aromatic rings. The topological polar surface area (TPSA) is 34.2 Å². The molecule has 0 N–H and O–H groups in total. The molecule has 1 aliphatic heterocycles. The molecule has 7 heteroatoms. The van der Waals surface area contributed by atoms with Gasteiger partial charge >= 0.3 is 8.80 Å². The molecular formula is C10H22N2O3SSi. The summed E-state index contributed by atoms with van der Waals surface area (Å²) in [7, 11) is 4.67. The minimum absolute atomic E-state index is 0.858. The van der Waals surface area contributed by atoms with Crippen LogP contribution in [0.1, 0.15) is 6.42 Å². The molecule has 0 spiro atoms. The van der Waals surface area contributed by atoms with Crippen LogP contribution in [0, 0.1) is 0 Å². The van der Waals surface area contributed by atoms with Gasteiger partial charge in [0.15, 0.2) is 0 Å². The number of hydrogen-bond acceptors (Lipinski definition) is 6. The molecule has 0 fully saturated rings. The van der Waals surface area contributed by atoms with Crippen LogP contribution in [0.5, 0.6) is 0 Å². The summed E-state index contributed by atoms with van der Waals surface area (Å²) in [5.74, 6) is 1.04. The van der Waals surface area contributed by atoms with E-state index in [4.69, 9.17) is 13.3 Å². The zero-order valence-corrected chi connectivity index (χ0v) is 12.8. The van der Waals surface area contributed by atoms with Gasteiger partial charge in [0.25, 0.3) is 0 Å². The highest BCUT2D eigenvalue weighted by Gasteiger charge is 2.36. The molecule has 0 unspecified atom stereocenters. The van der Waals surface area contributed by atoms with Gasteiger partial charge in [-0.25, -0.2) is 0 Å². The quantitative estimate of drug-likeness (QED) is 0.381. The predicted molar refractivity (Wildman–Crippen MR) is 72.3 cm³/mol. The molecule has 17 heavy (non-hydrogen) atoms. The minimum Gasteiger partial charge on any atom is -0.377 e. The van der Waals surface area contributed by atoms with E-state index in [0.717, 1.165) is 24.9 Å². The first kappa shape index (κ1) is 14.8. The Hall–Kier alpha value is -0.213. The third-order valence-electron chi connectivity index (χ3n) is 2.67. The molecule has 1 heterocycles. The van der Waals surface area contributed by atoms with Crippen LogP contribution in [-0.4, -0.2) is 58.8 Å². The summed E-state index contributed by atoms with van der Waals surface area (Å²) in [6.07, 6.45) is 5.20. The Bertz CT molecular complexity index is 243. The summed E-state index contributed by atoms with van der Waals surface area (Å²) in [4.78, 5) is 2.14. The maximum Gasteiger partial charge on any atom is 0.500 e. The molecule has 0 bridgehead atoms. The lowest BCUT2D eigenvalue weighted by molar-refractivity contribution is 0.123.